The fourth-order valence-corrected chi connectivity index (χ4v) is 1.79. The predicted molar refractivity (Wildman–Crippen MR) is 53.5 cm³/mol. The van der Waals surface area contributed by atoms with Crippen LogP contribution in [-0.2, 0) is 10.2 Å². The van der Waals surface area contributed by atoms with Crippen molar-refractivity contribution < 1.29 is 12.3 Å². The molecule has 6 nitrogen and oxygen atoms in total. The standard InChI is InChI=1S/C8H5FN2O4S/c9-16(14,15)4-1-2-6-5(3-4)7(12)11-8(13)10-6/h1-3H,(H2,10,11,12,13). The van der Waals surface area contributed by atoms with Gasteiger partial charge in [0, 0.05) is 0 Å². The van der Waals surface area contributed by atoms with E-state index in [1.54, 1.807) is 0 Å². The van der Waals surface area contributed by atoms with Crippen LogP contribution in [0.5, 0.6) is 0 Å². The van der Waals surface area contributed by atoms with Gasteiger partial charge in [0.25, 0.3) is 5.56 Å². The Labute approximate surface area is 88.0 Å². The van der Waals surface area contributed by atoms with Crippen LogP contribution in [0, 0.1) is 0 Å². The van der Waals surface area contributed by atoms with Gasteiger partial charge < -0.3 is 4.98 Å². The molecule has 0 saturated carbocycles. The van der Waals surface area contributed by atoms with E-state index < -0.39 is 26.4 Å². The molecule has 0 radical (unpaired) electrons. The third-order valence-electron chi connectivity index (χ3n) is 1.99. The van der Waals surface area contributed by atoms with Crippen molar-refractivity contribution in [3.8, 4) is 0 Å². The maximum Gasteiger partial charge on any atom is 0.332 e. The van der Waals surface area contributed by atoms with Crippen LogP contribution < -0.4 is 11.2 Å². The normalized spacial score (nSPS) is 11.8. The monoisotopic (exact) mass is 244 g/mol. The Bertz CT molecular complexity index is 774. The van der Waals surface area contributed by atoms with E-state index in [1.807, 2.05) is 4.98 Å². The molecule has 0 spiro atoms. The second-order valence-corrected chi connectivity index (χ2v) is 4.40. The number of nitrogens with one attached hydrogen (secondary N) is 2. The second kappa shape index (κ2) is 3.27. The summed E-state index contributed by atoms with van der Waals surface area (Å²) in [6.45, 7) is 0. The zero-order valence-electron chi connectivity index (χ0n) is 7.65. The summed E-state index contributed by atoms with van der Waals surface area (Å²) in [4.78, 5) is 25.7. The maximum absolute atomic E-state index is 12.6. The van der Waals surface area contributed by atoms with E-state index >= 15 is 0 Å². The minimum Gasteiger partial charge on any atom is -0.307 e. The van der Waals surface area contributed by atoms with Gasteiger partial charge in [-0.25, -0.2) is 4.79 Å². The lowest BCUT2D eigenvalue weighted by Crippen LogP contribution is -2.21. The van der Waals surface area contributed by atoms with Gasteiger partial charge in [0.15, 0.2) is 0 Å². The number of aromatic amines is 2. The third-order valence-corrected chi connectivity index (χ3v) is 2.81. The van der Waals surface area contributed by atoms with Crippen LogP contribution in [-0.4, -0.2) is 18.4 Å². The lowest BCUT2D eigenvalue weighted by molar-refractivity contribution is 0.552. The Hall–Kier alpha value is -1.96. The molecule has 2 N–H and O–H groups in total. The first-order valence-electron chi connectivity index (χ1n) is 4.09. The van der Waals surface area contributed by atoms with Crippen molar-refractivity contribution in [2.45, 2.75) is 4.90 Å². The van der Waals surface area contributed by atoms with Gasteiger partial charge in [0.1, 0.15) is 0 Å². The van der Waals surface area contributed by atoms with Crippen molar-refractivity contribution >= 4 is 21.1 Å². The number of benzene rings is 1. The third kappa shape index (κ3) is 1.74. The predicted octanol–water partition coefficient (Wildman–Crippen LogP) is -0.125. The van der Waals surface area contributed by atoms with Crippen LogP contribution in [0.3, 0.4) is 0 Å². The maximum atomic E-state index is 12.6. The quantitative estimate of drug-likeness (QED) is 0.682. The molecule has 2 rings (SSSR count). The first kappa shape index (κ1) is 10.6. The van der Waals surface area contributed by atoms with Crippen LogP contribution in [0.2, 0.25) is 0 Å². The van der Waals surface area contributed by atoms with Gasteiger partial charge in [-0.15, -0.1) is 3.89 Å². The Kier molecular flexibility index (Phi) is 2.16. The van der Waals surface area contributed by atoms with Crippen molar-refractivity contribution in [3.05, 3.63) is 39.0 Å². The SMILES string of the molecule is O=c1[nH]c(=O)c2cc(S(=O)(=O)F)ccc2[nH]1. The molecule has 0 atom stereocenters. The number of hydrogen-bond acceptors (Lipinski definition) is 4. The highest BCUT2D eigenvalue weighted by Crippen LogP contribution is 2.15. The van der Waals surface area contributed by atoms with E-state index in [2.05, 4.69) is 4.98 Å². The first-order chi connectivity index (χ1) is 7.38. The number of rotatable bonds is 1. The summed E-state index contributed by atoms with van der Waals surface area (Å²) in [7, 11) is -4.87. The zero-order valence-corrected chi connectivity index (χ0v) is 8.47. The van der Waals surface area contributed by atoms with Gasteiger partial charge in [-0.1, -0.05) is 0 Å². The van der Waals surface area contributed by atoms with Gasteiger partial charge in [-0.2, -0.15) is 8.42 Å². The summed E-state index contributed by atoms with van der Waals surface area (Å²) in [5.74, 6) is 0. The Balaban J connectivity index is 2.93. The summed E-state index contributed by atoms with van der Waals surface area (Å²) in [6, 6.07) is 2.98. The molecule has 1 heterocycles. The lowest BCUT2D eigenvalue weighted by Gasteiger charge is -1.98. The Morgan fingerprint density at radius 2 is 1.81 bits per heavy atom. The molecule has 0 amide bonds. The number of hydrogen-bond donors (Lipinski definition) is 2. The Morgan fingerprint density at radius 1 is 1.12 bits per heavy atom. The highest BCUT2D eigenvalue weighted by atomic mass is 32.3. The highest BCUT2D eigenvalue weighted by molar-refractivity contribution is 7.86. The van der Waals surface area contributed by atoms with Gasteiger partial charge in [0.05, 0.1) is 15.8 Å². The van der Waals surface area contributed by atoms with Crippen molar-refractivity contribution in [1.82, 2.24) is 9.97 Å². The van der Waals surface area contributed by atoms with Crippen molar-refractivity contribution in [2.75, 3.05) is 0 Å². The van der Waals surface area contributed by atoms with Crippen LogP contribution in [0.25, 0.3) is 10.9 Å². The molecule has 0 aliphatic heterocycles. The van der Waals surface area contributed by atoms with Crippen LogP contribution in [0.4, 0.5) is 3.89 Å². The number of halogens is 1. The molecule has 0 aliphatic carbocycles. The summed E-state index contributed by atoms with van der Waals surface area (Å²) < 4.78 is 33.9. The van der Waals surface area contributed by atoms with Crippen molar-refractivity contribution in [2.24, 2.45) is 0 Å². The molecule has 8 heteroatoms. The topological polar surface area (TPSA) is 99.9 Å². The molecule has 1 aromatic carbocycles. The minimum atomic E-state index is -4.87. The number of aromatic nitrogens is 2. The van der Waals surface area contributed by atoms with Crippen molar-refractivity contribution in [1.29, 1.82) is 0 Å². The summed E-state index contributed by atoms with van der Waals surface area (Å²) in [6.07, 6.45) is 0. The molecule has 84 valence electrons. The van der Waals surface area contributed by atoms with Gasteiger partial charge in [-0.3, -0.25) is 9.78 Å². The van der Waals surface area contributed by atoms with E-state index in [0.717, 1.165) is 18.2 Å². The molecular weight excluding hydrogens is 239 g/mol. The molecule has 0 saturated heterocycles. The summed E-state index contributed by atoms with van der Waals surface area (Å²) >= 11 is 0. The van der Waals surface area contributed by atoms with E-state index in [1.165, 1.54) is 0 Å². The number of fused-ring (bicyclic) bond motifs is 1. The van der Waals surface area contributed by atoms with E-state index in [4.69, 9.17) is 0 Å². The first-order valence-corrected chi connectivity index (χ1v) is 5.47. The fourth-order valence-electron chi connectivity index (χ4n) is 1.30. The minimum absolute atomic E-state index is 0.0988. The highest BCUT2D eigenvalue weighted by Gasteiger charge is 2.13. The lowest BCUT2D eigenvalue weighted by atomic mass is 10.2. The van der Waals surface area contributed by atoms with Gasteiger partial charge in [-0.05, 0) is 18.2 Å². The van der Waals surface area contributed by atoms with Crippen LogP contribution in [0.15, 0.2) is 32.7 Å². The van der Waals surface area contributed by atoms with Crippen LogP contribution >= 0.6 is 0 Å². The molecule has 2 aromatic rings. The second-order valence-electron chi connectivity index (χ2n) is 3.05. The zero-order chi connectivity index (χ0) is 11.9. The van der Waals surface area contributed by atoms with E-state index in [9.17, 15) is 21.9 Å². The largest absolute Gasteiger partial charge is 0.332 e. The molecule has 0 bridgehead atoms. The fraction of sp³-hybridized carbons (Fsp3) is 0. The molecule has 0 fully saturated rings. The Morgan fingerprint density at radius 3 is 2.44 bits per heavy atom. The van der Waals surface area contributed by atoms with E-state index in [0.29, 0.717) is 0 Å². The average molecular weight is 244 g/mol. The van der Waals surface area contributed by atoms with Gasteiger partial charge >= 0.3 is 15.9 Å². The molecule has 0 unspecified atom stereocenters. The van der Waals surface area contributed by atoms with Crippen LogP contribution in [0.1, 0.15) is 0 Å². The average Bonchev–Trinajstić information content (AvgIpc) is 2.15. The van der Waals surface area contributed by atoms with Crippen molar-refractivity contribution in [3.63, 3.8) is 0 Å². The van der Waals surface area contributed by atoms with Gasteiger partial charge in [0.2, 0.25) is 0 Å². The molecule has 16 heavy (non-hydrogen) atoms. The molecule has 1 aromatic heterocycles. The van der Waals surface area contributed by atoms with E-state index in [-0.39, 0.29) is 10.9 Å². The summed E-state index contributed by atoms with van der Waals surface area (Å²) in [5, 5.41) is -0.0988. The number of H-pyrrole nitrogens is 2. The summed E-state index contributed by atoms with van der Waals surface area (Å²) in [5.41, 5.74) is -1.35. The molecular formula is C8H5FN2O4S. The smallest absolute Gasteiger partial charge is 0.307 e. The molecule has 0 aliphatic rings.